The van der Waals surface area contributed by atoms with Crippen LogP contribution in [0.1, 0.15) is 55.1 Å². The molecule has 4 rings (SSSR count). The number of aromatic nitrogens is 3. The molecule has 0 bridgehead atoms. The van der Waals surface area contributed by atoms with Crippen LogP contribution in [0.3, 0.4) is 0 Å². The standard InChI is InChI=1S/C23H31N5S/c1-17-12-25-28(20-10-11-27(15-20)14-18-8-6-5-7-9-18)21(17)24-13-19-16-29-22(26-19)23(2,3)4/h5-9,12,16,20,24H,10-11,13-15H2,1-4H3/t20-/m1/s1. The number of aryl methyl sites for hydroxylation is 1. The van der Waals surface area contributed by atoms with E-state index in [-0.39, 0.29) is 5.41 Å². The fourth-order valence-corrected chi connectivity index (χ4v) is 4.76. The minimum absolute atomic E-state index is 0.104. The summed E-state index contributed by atoms with van der Waals surface area (Å²) in [7, 11) is 0. The molecule has 1 atom stereocenters. The first-order valence-corrected chi connectivity index (χ1v) is 11.3. The van der Waals surface area contributed by atoms with Gasteiger partial charge in [-0.1, -0.05) is 51.1 Å². The number of nitrogens with zero attached hydrogens (tertiary/aromatic N) is 4. The number of likely N-dealkylation sites (tertiary alicyclic amines) is 1. The zero-order valence-corrected chi connectivity index (χ0v) is 18.7. The molecule has 1 fully saturated rings. The van der Waals surface area contributed by atoms with Crippen molar-refractivity contribution in [3.63, 3.8) is 0 Å². The fourth-order valence-electron chi connectivity index (χ4n) is 3.85. The summed E-state index contributed by atoms with van der Waals surface area (Å²) < 4.78 is 2.19. The fraction of sp³-hybridized carbons (Fsp3) is 0.478. The Balaban J connectivity index is 1.40. The normalized spacial score (nSPS) is 17.7. The number of nitrogens with one attached hydrogen (secondary N) is 1. The first-order chi connectivity index (χ1) is 13.9. The number of rotatable bonds is 6. The number of hydrogen-bond acceptors (Lipinski definition) is 5. The van der Waals surface area contributed by atoms with Gasteiger partial charge >= 0.3 is 0 Å². The molecule has 3 aromatic rings. The molecular formula is C23H31N5S. The molecule has 6 heteroatoms. The molecule has 154 valence electrons. The molecule has 5 nitrogen and oxygen atoms in total. The van der Waals surface area contributed by atoms with Crippen LogP contribution >= 0.6 is 11.3 Å². The molecule has 1 saturated heterocycles. The van der Waals surface area contributed by atoms with Crippen LogP contribution in [0, 0.1) is 6.92 Å². The van der Waals surface area contributed by atoms with Crippen LogP contribution in [0.5, 0.6) is 0 Å². The maximum Gasteiger partial charge on any atom is 0.127 e. The summed E-state index contributed by atoms with van der Waals surface area (Å²) in [4.78, 5) is 7.34. The Hall–Kier alpha value is -2.18. The van der Waals surface area contributed by atoms with Crippen molar-refractivity contribution in [1.29, 1.82) is 0 Å². The van der Waals surface area contributed by atoms with Gasteiger partial charge < -0.3 is 5.32 Å². The minimum Gasteiger partial charge on any atom is -0.364 e. The summed E-state index contributed by atoms with van der Waals surface area (Å²) in [6.45, 7) is 12.7. The van der Waals surface area contributed by atoms with E-state index in [1.54, 1.807) is 11.3 Å². The van der Waals surface area contributed by atoms with Crippen LogP contribution in [0.25, 0.3) is 0 Å². The van der Waals surface area contributed by atoms with Crippen LogP contribution in [-0.2, 0) is 18.5 Å². The van der Waals surface area contributed by atoms with Gasteiger partial charge in [0.05, 0.1) is 29.5 Å². The van der Waals surface area contributed by atoms with Crippen molar-refractivity contribution < 1.29 is 0 Å². The monoisotopic (exact) mass is 409 g/mol. The lowest BCUT2D eigenvalue weighted by Crippen LogP contribution is -2.22. The summed E-state index contributed by atoms with van der Waals surface area (Å²) in [5, 5.41) is 11.7. The van der Waals surface area contributed by atoms with Crippen LogP contribution < -0.4 is 5.32 Å². The lowest BCUT2D eigenvalue weighted by Gasteiger charge is -2.18. The Morgan fingerprint density at radius 1 is 1.21 bits per heavy atom. The van der Waals surface area contributed by atoms with Gasteiger partial charge in [0, 0.05) is 36.0 Å². The molecule has 3 heterocycles. The molecule has 1 aliphatic heterocycles. The van der Waals surface area contributed by atoms with E-state index in [0.29, 0.717) is 6.04 Å². The number of thiazole rings is 1. The molecule has 0 aliphatic carbocycles. The molecule has 0 amide bonds. The molecular weight excluding hydrogens is 378 g/mol. The number of hydrogen-bond donors (Lipinski definition) is 1. The van der Waals surface area contributed by atoms with Gasteiger partial charge in [0.15, 0.2) is 0 Å². The van der Waals surface area contributed by atoms with E-state index in [2.05, 4.69) is 78.3 Å². The quantitative estimate of drug-likeness (QED) is 0.622. The Labute approximate surface area is 177 Å². The van der Waals surface area contributed by atoms with Crippen molar-refractivity contribution >= 4 is 17.2 Å². The molecule has 0 spiro atoms. The van der Waals surface area contributed by atoms with Gasteiger partial charge in [0.1, 0.15) is 5.82 Å². The van der Waals surface area contributed by atoms with Gasteiger partial charge in [0.25, 0.3) is 0 Å². The third-order valence-electron chi connectivity index (χ3n) is 5.45. The lowest BCUT2D eigenvalue weighted by atomic mass is 9.98. The van der Waals surface area contributed by atoms with Crippen molar-refractivity contribution in [2.45, 2.75) is 58.7 Å². The van der Waals surface area contributed by atoms with Crippen molar-refractivity contribution in [3.8, 4) is 0 Å². The summed E-state index contributed by atoms with van der Waals surface area (Å²) in [6, 6.07) is 11.1. The highest BCUT2D eigenvalue weighted by molar-refractivity contribution is 7.09. The van der Waals surface area contributed by atoms with Crippen molar-refractivity contribution in [2.24, 2.45) is 0 Å². The van der Waals surface area contributed by atoms with E-state index in [1.807, 2.05) is 6.20 Å². The Kier molecular flexibility index (Phi) is 5.74. The zero-order valence-electron chi connectivity index (χ0n) is 17.9. The summed E-state index contributed by atoms with van der Waals surface area (Å²) in [5.74, 6) is 1.13. The summed E-state index contributed by atoms with van der Waals surface area (Å²) in [6.07, 6.45) is 3.11. The smallest absolute Gasteiger partial charge is 0.127 e. The largest absolute Gasteiger partial charge is 0.364 e. The molecule has 2 aromatic heterocycles. The van der Waals surface area contributed by atoms with E-state index in [9.17, 15) is 0 Å². The second kappa shape index (κ2) is 8.28. The first kappa shape index (κ1) is 20.1. The van der Waals surface area contributed by atoms with Crippen LogP contribution in [0.15, 0.2) is 41.9 Å². The Morgan fingerprint density at radius 3 is 2.72 bits per heavy atom. The third-order valence-corrected chi connectivity index (χ3v) is 6.77. The topological polar surface area (TPSA) is 46.0 Å². The maximum absolute atomic E-state index is 4.81. The highest BCUT2D eigenvalue weighted by atomic mass is 32.1. The van der Waals surface area contributed by atoms with Gasteiger partial charge in [-0.05, 0) is 18.9 Å². The Morgan fingerprint density at radius 2 is 2.00 bits per heavy atom. The van der Waals surface area contributed by atoms with E-state index in [0.717, 1.165) is 44.1 Å². The van der Waals surface area contributed by atoms with Crippen molar-refractivity contribution in [1.82, 2.24) is 19.7 Å². The SMILES string of the molecule is Cc1cnn([C@@H]2CCN(Cc3ccccc3)C2)c1NCc1csc(C(C)(C)C)n1. The van der Waals surface area contributed by atoms with E-state index in [1.165, 1.54) is 16.1 Å². The van der Waals surface area contributed by atoms with Gasteiger partial charge in [-0.2, -0.15) is 5.10 Å². The molecule has 1 aromatic carbocycles. The van der Waals surface area contributed by atoms with E-state index in [4.69, 9.17) is 10.1 Å². The highest BCUT2D eigenvalue weighted by Gasteiger charge is 2.27. The summed E-state index contributed by atoms with van der Waals surface area (Å²) >= 11 is 1.75. The van der Waals surface area contributed by atoms with Crippen LogP contribution in [-0.4, -0.2) is 32.8 Å². The molecule has 0 unspecified atom stereocenters. The van der Waals surface area contributed by atoms with Gasteiger partial charge in [0.2, 0.25) is 0 Å². The molecule has 0 radical (unpaired) electrons. The second-order valence-corrected chi connectivity index (χ2v) is 9.89. The second-order valence-electron chi connectivity index (χ2n) is 9.03. The molecule has 1 N–H and O–H groups in total. The van der Waals surface area contributed by atoms with Crippen molar-refractivity contribution in [3.05, 3.63) is 63.7 Å². The van der Waals surface area contributed by atoms with Crippen molar-refractivity contribution in [2.75, 3.05) is 18.4 Å². The number of anilines is 1. The molecule has 0 saturated carbocycles. The third kappa shape index (κ3) is 4.70. The predicted octanol–water partition coefficient (Wildman–Crippen LogP) is 5.00. The molecule has 1 aliphatic rings. The lowest BCUT2D eigenvalue weighted by molar-refractivity contribution is 0.312. The number of benzene rings is 1. The average Bonchev–Trinajstić information content (AvgIpc) is 3.40. The molecule has 29 heavy (non-hydrogen) atoms. The maximum atomic E-state index is 4.81. The zero-order chi connectivity index (χ0) is 20.4. The first-order valence-electron chi connectivity index (χ1n) is 10.4. The predicted molar refractivity (Wildman–Crippen MR) is 120 cm³/mol. The van der Waals surface area contributed by atoms with Crippen LogP contribution in [0.2, 0.25) is 0 Å². The van der Waals surface area contributed by atoms with Gasteiger partial charge in [-0.3, -0.25) is 4.90 Å². The van der Waals surface area contributed by atoms with E-state index < -0.39 is 0 Å². The Bertz CT molecular complexity index is 938. The van der Waals surface area contributed by atoms with Gasteiger partial charge in [-0.25, -0.2) is 9.67 Å². The van der Waals surface area contributed by atoms with E-state index >= 15 is 0 Å². The van der Waals surface area contributed by atoms with Crippen LogP contribution in [0.4, 0.5) is 5.82 Å². The van der Waals surface area contributed by atoms with Gasteiger partial charge in [-0.15, -0.1) is 11.3 Å². The average molecular weight is 410 g/mol. The minimum atomic E-state index is 0.104. The summed E-state index contributed by atoms with van der Waals surface area (Å²) in [5.41, 5.74) is 3.77. The highest BCUT2D eigenvalue weighted by Crippen LogP contribution is 2.29.